The van der Waals surface area contributed by atoms with Gasteiger partial charge in [-0.15, -0.1) is 0 Å². The maximum atomic E-state index is 13.6. The van der Waals surface area contributed by atoms with Crippen LogP contribution in [0.4, 0.5) is 5.69 Å². The summed E-state index contributed by atoms with van der Waals surface area (Å²) < 4.78 is 0. The molecule has 0 saturated carbocycles. The molecule has 0 spiro atoms. The molecule has 4 aromatic carbocycles. The number of aliphatic hydroxyl groups excluding tert-OH is 1. The van der Waals surface area contributed by atoms with E-state index in [-0.39, 0.29) is 44.3 Å². The maximum absolute atomic E-state index is 13.6. The molecule has 0 aromatic heterocycles. The fourth-order valence-corrected chi connectivity index (χ4v) is 5.89. The zero-order chi connectivity index (χ0) is 28.8. The normalized spacial score (nSPS) is 14.0. The number of para-hydroxylation sites is 1. The zero-order valence-corrected chi connectivity index (χ0v) is 23.3. The summed E-state index contributed by atoms with van der Waals surface area (Å²) in [5.41, 5.74) is 7.69. The van der Waals surface area contributed by atoms with E-state index in [1.165, 1.54) is 11.8 Å². The number of benzene rings is 4. The first kappa shape index (κ1) is 28.4. The van der Waals surface area contributed by atoms with Crippen molar-refractivity contribution in [2.24, 2.45) is 5.73 Å². The molecule has 0 bridgehead atoms. The van der Waals surface area contributed by atoms with Gasteiger partial charge in [0.25, 0.3) is 5.91 Å². The topological polar surface area (TPSA) is 125 Å². The Labute approximate surface area is 242 Å². The summed E-state index contributed by atoms with van der Waals surface area (Å²) in [6.45, 7) is 0.136. The number of fused-ring (bicyclic) bond motifs is 3. The van der Waals surface area contributed by atoms with E-state index in [9.17, 15) is 19.5 Å². The first-order valence-electron chi connectivity index (χ1n) is 13.5. The van der Waals surface area contributed by atoms with E-state index < -0.39 is 18.1 Å². The first-order valence-corrected chi connectivity index (χ1v) is 14.3. The second-order valence-corrected chi connectivity index (χ2v) is 11.0. The molecule has 4 aromatic rings. The highest BCUT2D eigenvalue weighted by molar-refractivity contribution is 7.99. The summed E-state index contributed by atoms with van der Waals surface area (Å²) in [5.74, 6) is -0.951. The largest absolute Gasteiger partial charge is 0.390 e. The molecule has 0 saturated heterocycles. The van der Waals surface area contributed by atoms with Gasteiger partial charge >= 0.3 is 0 Å². The van der Waals surface area contributed by atoms with Crippen molar-refractivity contribution >= 4 is 45.9 Å². The van der Waals surface area contributed by atoms with E-state index >= 15 is 0 Å². The van der Waals surface area contributed by atoms with Gasteiger partial charge in [0.05, 0.1) is 17.4 Å². The lowest BCUT2D eigenvalue weighted by molar-refractivity contribution is -0.129. The van der Waals surface area contributed by atoms with Crippen molar-refractivity contribution in [2.75, 3.05) is 24.5 Å². The lowest BCUT2D eigenvalue weighted by Gasteiger charge is -2.24. The van der Waals surface area contributed by atoms with Gasteiger partial charge in [0.1, 0.15) is 6.04 Å². The summed E-state index contributed by atoms with van der Waals surface area (Å²) in [6.07, 6.45) is -0.623. The van der Waals surface area contributed by atoms with Crippen LogP contribution in [0.3, 0.4) is 0 Å². The molecular formula is C32H32N4O4S. The quantitative estimate of drug-likeness (QED) is 0.232. The fraction of sp³-hybridized carbons (Fsp3) is 0.219. The van der Waals surface area contributed by atoms with E-state index in [0.29, 0.717) is 5.56 Å². The van der Waals surface area contributed by atoms with Crippen LogP contribution in [0.25, 0.3) is 10.8 Å². The molecule has 1 unspecified atom stereocenters. The van der Waals surface area contributed by atoms with Crippen LogP contribution < -0.4 is 21.3 Å². The molecule has 5 N–H and O–H groups in total. The Morgan fingerprint density at radius 3 is 2.41 bits per heavy atom. The Bertz CT molecular complexity index is 1580. The molecule has 8 nitrogen and oxygen atoms in total. The number of carbonyl (C=O) groups excluding carboxylic acids is 3. The van der Waals surface area contributed by atoms with Crippen molar-refractivity contribution in [2.45, 2.75) is 34.8 Å². The molecule has 1 aliphatic heterocycles. The smallest absolute Gasteiger partial charge is 0.259 e. The van der Waals surface area contributed by atoms with Crippen molar-refractivity contribution in [1.29, 1.82) is 0 Å². The summed E-state index contributed by atoms with van der Waals surface area (Å²) in [7, 11) is 0. The third-order valence-corrected chi connectivity index (χ3v) is 8.13. The Morgan fingerprint density at radius 2 is 1.61 bits per heavy atom. The Morgan fingerprint density at radius 1 is 0.902 bits per heavy atom. The van der Waals surface area contributed by atoms with Crippen LogP contribution in [0.1, 0.15) is 22.3 Å². The number of amides is 3. The molecule has 0 radical (unpaired) electrons. The molecule has 41 heavy (non-hydrogen) atoms. The number of hydrogen-bond donors (Lipinski definition) is 4. The molecule has 0 aliphatic carbocycles. The number of nitrogens with one attached hydrogen (secondary N) is 2. The van der Waals surface area contributed by atoms with Gasteiger partial charge in [0.2, 0.25) is 11.8 Å². The minimum Gasteiger partial charge on any atom is -0.390 e. The van der Waals surface area contributed by atoms with E-state index in [2.05, 4.69) is 10.6 Å². The fourth-order valence-electron chi connectivity index (χ4n) is 4.81. The van der Waals surface area contributed by atoms with Gasteiger partial charge in [-0.1, -0.05) is 78.5 Å². The zero-order valence-electron chi connectivity index (χ0n) is 22.5. The molecule has 9 heteroatoms. The molecule has 210 valence electrons. The van der Waals surface area contributed by atoms with Gasteiger partial charge in [-0.25, -0.2) is 0 Å². The molecule has 3 amide bonds. The molecule has 1 aliphatic rings. The van der Waals surface area contributed by atoms with Crippen LogP contribution in [-0.2, 0) is 16.0 Å². The van der Waals surface area contributed by atoms with Crippen molar-refractivity contribution < 1.29 is 19.5 Å². The lowest BCUT2D eigenvalue weighted by atomic mass is 10.0. The molecule has 5 rings (SSSR count). The van der Waals surface area contributed by atoms with E-state index in [1.54, 1.807) is 11.0 Å². The number of nitrogens with two attached hydrogens (primary N) is 1. The first-order chi connectivity index (χ1) is 19.9. The summed E-state index contributed by atoms with van der Waals surface area (Å²) in [5, 5.41) is 17.5. The van der Waals surface area contributed by atoms with Gasteiger partial charge in [-0.2, -0.15) is 0 Å². The standard InChI is InChI=1S/C32H32N4O4S/c33-19-24(37)20-34-31(39)26(18-21-13-14-22-7-1-2-8-23(22)17-21)35-30(38)15-16-36-27-10-4-6-12-29(27)41-28-11-5-3-9-25(28)32(36)40/h1-14,17,24,26,37H,15-16,18-20,33H2,(H,34,39)(H,35,38)/t24?,26-/m1/s1. The predicted molar refractivity (Wildman–Crippen MR) is 161 cm³/mol. The highest BCUT2D eigenvalue weighted by Gasteiger charge is 2.28. The number of nitrogens with zero attached hydrogens (tertiary/aromatic N) is 1. The lowest BCUT2D eigenvalue weighted by Crippen LogP contribution is -2.50. The molecule has 2 atom stereocenters. The summed E-state index contributed by atoms with van der Waals surface area (Å²) in [6, 6.07) is 28.0. The van der Waals surface area contributed by atoms with Crippen LogP contribution >= 0.6 is 11.8 Å². The SMILES string of the molecule is NCC(O)CNC(=O)[C@@H](Cc1ccc2ccccc2c1)NC(=O)CCN1C(=O)c2ccccc2Sc2ccccc21. The van der Waals surface area contributed by atoms with Gasteiger partial charge < -0.3 is 26.4 Å². The van der Waals surface area contributed by atoms with Gasteiger partial charge in [0, 0.05) is 42.3 Å². The number of anilines is 1. The van der Waals surface area contributed by atoms with E-state index in [4.69, 9.17) is 5.73 Å². The van der Waals surface area contributed by atoms with Crippen molar-refractivity contribution in [1.82, 2.24) is 10.6 Å². The van der Waals surface area contributed by atoms with Crippen molar-refractivity contribution in [3.63, 3.8) is 0 Å². The van der Waals surface area contributed by atoms with Crippen LogP contribution in [0.15, 0.2) is 101 Å². The monoisotopic (exact) mass is 568 g/mol. The maximum Gasteiger partial charge on any atom is 0.259 e. The highest BCUT2D eigenvalue weighted by atomic mass is 32.2. The average molecular weight is 569 g/mol. The number of rotatable bonds is 10. The van der Waals surface area contributed by atoms with Gasteiger partial charge in [0.15, 0.2) is 0 Å². The third-order valence-electron chi connectivity index (χ3n) is 6.99. The van der Waals surface area contributed by atoms with Crippen molar-refractivity contribution in [3.05, 3.63) is 102 Å². The van der Waals surface area contributed by atoms with Gasteiger partial charge in [-0.3, -0.25) is 14.4 Å². The summed E-state index contributed by atoms with van der Waals surface area (Å²) >= 11 is 1.53. The third kappa shape index (κ3) is 6.77. The highest BCUT2D eigenvalue weighted by Crippen LogP contribution is 2.41. The van der Waals surface area contributed by atoms with E-state index in [0.717, 1.165) is 31.8 Å². The second kappa shape index (κ2) is 13.0. The molecular weight excluding hydrogens is 536 g/mol. The van der Waals surface area contributed by atoms with Crippen molar-refractivity contribution in [3.8, 4) is 0 Å². The van der Waals surface area contributed by atoms with Crippen LogP contribution in [0.2, 0.25) is 0 Å². The van der Waals surface area contributed by atoms with Crippen LogP contribution in [0, 0.1) is 0 Å². The average Bonchev–Trinajstić information content (AvgIpc) is 3.11. The van der Waals surface area contributed by atoms with Crippen LogP contribution in [0.5, 0.6) is 0 Å². The Kier molecular flexibility index (Phi) is 8.98. The predicted octanol–water partition coefficient (Wildman–Crippen LogP) is 3.50. The molecule has 0 fully saturated rings. The minimum atomic E-state index is -0.883. The summed E-state index contributed by atoms with van der Waals surface area (Å²) in [4.78, 5) is 43.3. The Balaban J connectivity index is 1.32. The number of carbonyl (C=O) groups is 3. The van der Waals surface area contributed by atoms with Gasteiger partial charge in [-0.05, 0) is 40.6 Å². The number of hydrogen-bond acceptors (Lipinski definition) is 6. The van der Waals surface area contributed by atoms with E-state index in [1.807, 2.05) is 84.9 Å². The minimum absolute atomic E-state index is 0.000165. The Hall–Kier alpha value is -4.18. The molecule has 1 heterocycles. The number of aliphatic hydroxyl groups is 1. The second-order valence-electron chi connectivity index (χ2n) is 9.91. The van der Waals surface area contributed by atoms with Crippen LogP contribution in [-0.4, -0.2) is 54.6 Å².